The summed E-state index contributed by atoms with van der Waals surface area (Å²) in [5, 5.41) is 5.82. The minimum absolute atomic E-state index is 0.0414. The van der Waals surface area contributed by atoms with E-state index in [1.54, 1.807) is 0 Å². The average molecular weight is 391 g/mol. The fourth-order valence-corrected chi connectivity index (χ4v) is 4.20. The third-order valence-electron chi connectivity index (χ3n) is 5.80. The van der Waals surface area contributed by atoms with Crippen molar-refractivity contribution in [3.63, 3.8) is 0 Å². The van der Waals surface area contributed by atoms with Gasteiger partial charge >= 0.3 is 6.03 Å². The number of carbonyl (C=O) groups excluding carboxylic acids is 3. The summed E-state index contributed by atoms with van der Waals surface area (Å²) >= 11 is 5.94. The Morgan fingerprint density at radius 3 is 2.33 bits per heavy atom. The first-order chi connectivity index (χ1) is 13.0. The zero-order chi connectivity index (χ0) is 19.0. The summed E-state index contributed by atoms with van der Waals surface area (Å²) in [4.78, 5) is 40.6. The number of benzene rings is 1. The van der Waals surface area contributed by atoms with Gasteiger partial charge in [-0.15, -0.1) is 0 Å². The molecule has 4 rings (SSSR count). The number of rotatable bonds is 5. The molecule has 3 aliphatic rings. The summed E-state index contributed by atoms with van der Waals surface area (Å²) in [7, 11) is 0. The van der Waals surface area contributed by atoms with Gasteiger partial charge in [-0.05, 0) is 49.4 Å². The normalized spacial score (nSPS) is 25.4. The summed E-state index contributed by atoms with van der Waals surface area (Å²) in [5.74, 6) is -0.0893. The molecular formula is C19H23ClN4O3. The van der Waals surface area contributed by atoms with Crippen LogP contribution in [-0.4, -0.2) is 54.5 Å². The maximum Gasteiger partial charge on any atom is 0.322 e. The molecule has 1 aromatic rings. The van der Waals surface area contributed by atoms with Gasteiger partial charge in [0.2, 0.25) is 5.91 Å². The highest BCUT2D eigenvalue weighted by Crippen LogP contribution is 2.43. The summed E-state index contributed by atoms with van der Waals surface area (Å²) in [6.07, 6.45) is 2.47. The molecule has 1 aliphatic carbocycles. The lowest BCUT2D eigenvalue weighted by Gasteiger charge is -2.36. The van der Waals surface area contributed by atoms with Gasteiger partial charge in [-0.2, -0.15) is 0 Å². The Kier molecular flexibility index (Phi) is 4.72. The quantitative estimate of drug-likeness (QED) is 0.750. The lowest BCUT2D eigenvalue weighted by Crippen LogP contribution is -2.51. The van der Waals surface area contributed by atoms with Crippen molar-refractivity contribution in [1.29, 1.82) is 0 Å². The summed E-state index contributed by atoms with van der Waals surface area (Å²) in [6, 6.07) is 7.26. The van der Waals surface area contributed by atoms with Crippen LogP contribution in [0.1, 0.15) is 25.7 Å². The minimum atomic E-state index is -0.891. The number of imide groups is 1. The Bertz CT molecular complexity index is 757. The number of amides is 4. The topological polar surface area (TPSA) is 81.8 Å². The van der Waals surface area contributed by atoms with Crippen molar-refractivity contribution in [2.75, 3.05) is 31.1 Å². The van der Waals surface area contributed by atoms with E-state index >= 15 is 0 Å². The molecule has 3 fully saturated rings. The SMILES string of the molecule is O=C1NC(=O)C(CCC(=O)N2CCN(c3ccc(Cl)cc3)CC2)(C2CC2)N1. The van der Waals surface area contributed by atoms with Crippen molar-refractivity contribution < 1.29 is 14.4 Å². The van der Waals surface area contributed by atoms with Gasteiger partial charge in [-0.3, -0.25) is 14.9 Å². The number of urea groups is 1. The van der Waals surface area contributed by atoms with Crippen LogP contribution in [0.4, 0.5) is 10.5 Å². The van der Waals surface area contributed by atoms with Crippen molar-refractivity contribution in [2.24, 2.45) is 5.92 Å². The Morgan fingerprint density at radius 2 is 1.78 bits per heavy atom. The molecule has 0 bridgehead atoms. The van der Waals surface area contributed by atoms with Gasteiger partial charge in [0.1, 0.15) is 5.54 Å². The molecule has 1 atom stereocenters. The van der Waals surface area contributed by atoms with Gasteiger partial charge in [0.05, 0.1) is 0 Å². The van der Waals surface area contributed by atoms with E-state index in [0.29, 0.717) is 24.5 Å². The molecule has 2 saturated heterocycles. The van der Waals surface area contributed by atoms with Gasteiger partial charge in [0.25, 0.3) is 5.91 Å². The highest BCUT2D eigenvalue weighted by molar-refractivity contribution is 6.30. The lowest BCUT2D eigenvalue weighted by atomic mass is 9.87. The molecular weight excluding hydrogens is 368 g/mol. The molecule has 0 aromatic heterocycles. The van der Waals surface area contributed by atoms with Crippen LogP contribution in [0.5, 0.6) is 0 Å². The van der Waals surface area contributed by atoms with Crippen LogP contribution in [0.25, 0.3) is 0 Å². The summed E-state index contributed by atoms with van der Waals surface area (Å²) in [6.45, 7) is 2.82. The fourth-order valence-electron chi connectivity index (χ4n) is 4.08. The Labute approximate surface area is 163 Å². The van der Waals surface area contributed by atoms with Crippen molar-refractivity contribution in [2.45, 2.75) is 31.2 Å². The molecule has 1 saturated carbocycles. The van der Waals surface area contributed by atoms with Crippen molar-refractivity contribution in [1.82, 2.24) is 15.5 Å². The Morgan fingerprint density at radius 1 is 1.11 bits per heavy atom. The molecule has 27 heavy (non-hydrogen) atoms. The number of carbonyl (C=O) groups is 3. The second kappa shape index (κ2) is 7.03. The zero-order valence-corrected chi connectivity index (χ0v) is 15.8. The maximum atomic E-state index is 12.7. The van der Waals surface area contributed by atoms with Gasteiger partial charge in [-0.1, -0.05) is 11.6 Å². The molecule has 2 N–H and O–H groups in total. The predicted octanol–water partition coefficient (Wildman–Crippen LogP) is 1.76. The van der Waals surface area contributed by atoms with E-state index in [0.717, 1.165) is 31.6 Å². The van der Waals surface area contributed by atoms with E-state index in [4.69, 9.17) is 11.6 Å². The van der Waals surface area contributed by atoms with Gasteiger partial charge < -0.3 is 15.1 Å². The Hall–Kier alpha value is -2.28. The largest absolute Gasteiger partial charge is 0.368 e. The van der Waals surface area contributed by atoms with Crippen molar-refractivity contribution in [3.8, 4) is 0 Å². The van der Waals surface area contributed by atoms with Crippen LogP contribution in [-0.2, 0) is 9.59 Å². The monoisotopic (exact) mass is 390 g/mol. The molecule has 1 unspecified atom stereocenters. The Balaban J connectivity index is 1.31. The molecule has 2 heterocycles. The average Bonchev–Trinajstić information content (AvgIpc) is 3.47. The number of nitrogens with one attached hydrogen (secondary N) is 2. The van der Waals surface area contributed by atoms with Gasteiger partial charge in [-0.25, -0.2) is 4.79 Å². The second-order valence-electron chi connectivity index (χ2n) is 7.50. The molecule has 1 aromatic carbocycles. The number of nitrogens with zero attached hydrogens (tertiary/aromatic N) is 2. The van der Waals surface area contributed by atoms with E-state index in [-0.39, 0.29) is 24.2 Å². The molecule has 7 nitrogen and oxygen atoms in total. The van der Waals surface area contributed by atoms with Crippen LogP contribution >= 0.6 is 11.6 Å². The third-order valence-corrected chi connectivity index (χ3v) is 6.05. The molecule has 0 radical (unpaired) electrons. The number of piperazine rings is 1. The fraction of sp³-hybridized carbons (Fsp3) is 0.526. The first-order valence-corrected chi connectivity index (χ1v) is 9.78. The van der Waals surface area contributed by atoms with Crippen LogP contribution in [0.2, 0.25) is 5.02 Å². The highest BCUT2D eigenvalue weighted by Gasteiger charge is 2.55. The standard InChI is InChI=1S/C19H23ClN4O3/c20-14-3-5-15(6-4-14)23-9-11-24(12-10-23)16(25)7-8-19(13-1-2-13)17(26)21-18(27)22-19/h3-6,13H,1-2,7-12H2,(H2,21,22,26,27). The van der Waals surface area contributed by atoms with E-state index in [9.17, 15) is 14.4 Å². The number of anilines is 1. The highest BCUT2D eigenvalue weighted by atomic mass is 35.5. The minimum Gasteiger partial charge on any atom is -0.368 e. The van der Waals surface area contributed by atoms with E-state index in [1.807, 2.05) is 29.2 Å². The molecule has 2 aliphatic heterocycles. The van der Waals surface area contributed by atoms with Gasteiger partial charge in [0, 0.05) is 43.3 Å². The molecule has 4 amide bonds. The number of halogens is 1. The molecule has 8 heteroatoms. The van der Waals surface area contributed by atoms with Crippen molar-refractivity contribution >= 4 is 35.1 Å². The van der Waals surface area contributed by atoms with Crippen LogP contribution in [0.3, 0.4) is 0 Å². The lowest BCUT2D eigenvalue weighted by molar-refractivity contribution is -0.132. The maximum absolute atomic E-state index is 12.7. The van der Waals surface area contributed by atoms with Crippen LogP contribution < -0.4 is 15.5 Å². The van der Waals surface area contributed by atoms with Gasteiger partial charge in [0.15, 0.2) is 0 Å². The van der Waals surface area contributed by atoms with E-state index in [2.05, 4.69) is 15.5 Å². The zero-order valence-electron chi connectivity index (χ0n) is 15.0. The predicted molar refractivity (Wildman–Crippen MR) is 102 cm³/mol. The first-order valence-electron chi connectivity index (χ1n) is 9.40. The molecule has 144 valence electrons. The van der Waals surface area contributed by atoms with Crippen LogP contribution in [0, 0.1) is 5.92 Å². The second-order valence-corrected chi connectivity index (χ2v) is 7.93. The first kappa shape index (κ1) is 18.1. The van der Waals surface area contributed by atoms with Crippen LogP contribution in [0.15, 0.2) is 24.3 Å². The molecule has 0 spiro atoms. The number of hydrogen-bond donors (Lipinski definition) is 2. The van der Waals surface area contributed by atoms with E-state index < -0.39 is 11.6 Å². The number of hydrogen-bond acceptors (Lipinski definition) is 4. The summed E-state index contributed by atoms with van der Waals surface area (Å²) in [5.41, 5.74) is 0.210. The van der Waals surface area contributed by atoms with E-state index in [1.165, 1.54) is 0 Å². The smallest absolute Gasteiger partial charge is 0.322 e. The van der Waals surface area contributed by atoms with Crippen molar-refractivity contribution in [3.05, 3.63) is 29.3 Å². The third kappa shape index (κ3) is 3.60. The summed E-state index contributed by atoms with van der Waals surface area (Å²) < 4.78 is 0.